The van der Waals surface area contributed by atoms with Gasteiger partial charge in [-0.3, -0.25) is 9.59 Å². The highest BCUT2D eigenvalue weighted by Gasteiger charge is 2.23. The van der Waals surface area contributed by atoms with Crippen LogP contribution in [0.25, 0.3) is 0 Å². The van der Waals surface area contributed by atoms with Crippen molar-refractivity contribution in [3.63, 3.8) is 0 Å². The Kier molecular flexibility index (Phi) is 7.96. The summed E-state index contributed by atoms with van der Waals surface area (Å²) >= 11 is 2.72. The molecule has 2 aromatic heterocycles. The second-order valence-corrected chi connectivity index (χ2v) is 10.6. The van der Waals surface area contributed by atoms with Crippen LogP contribution in [0.5, 0.6) is 0 Å². The van der Waals surface area contributed by atoms with Crippen molar-refractivity contribution in [3.05, 3.63) is 71.8 Å². The molecule has 1 saturated heterocycles. The Hall–Kier alpha value is -3.90. The lowest BCUT2D eigenvalue weighted by molar-refractivity contribution is -0.116. The SMILES string of the molecule is O=C(Cc1ccccc1)Nc1nnc(NC2CCN(c3nnc(NC(=O)Cc4ccccc4)s3)CC2)s1. The minimum atomic E-state index is -0.116. The molecule has 0 bridgehead atoms. The number of piperidine rings is 1. The van der Waals surface area contributed by atoms with Crippen molar-refractivity contribution in [1.29, 1.82) is 0 Å². The van der Waals surface area contributed by atoms with E-state index in [9.17, 15) is 9.59 Å². The first-order valence-corrected chi connectivity index (χ1v) is 13.6. The number of benzene rings is 2. The normalized spacial score (nSPS) is 13.8. The zero-order chi connectivity index (χ0) is 25.5. The lowest BCUT2D eigenvalue weighted by atomic mass is 10.1. The van der Waals surface area contributed by atoms with E-state index >= 15 is 0 Å². The fourth-order valence-corrected chi connectivity index (χ4v) is 5.55. The van der Waals surface area contributed by atoms with Gasteiger partial charge < -0.3 is 20.9 Å². The van der Waals surface area contributed by atoms with Crippen LogP contribution in [0.1, 0.15) is 24.0 Å². The number of aromatic nitrogens is 4. The van der Waals surface area contributed by atoms with E-state index in [0.29, 0.717) is 28.2 Å². The van der Waals surface area contributed by atoms with Gasteiger partial charge in [0.2, 0.25) is 32.3 Å². The molecule has 2 aromatic carbocycles. The van der Waals surface area contributed by atoms with Gasteiger partial charge in [0.15, 0.2) is 0 Å². The molecule has 1 aliphatic rings. The predicted octanol–water partition coefficient (Wildman–Crippen LogP) is 3.83. The van der Waals surface area contributed by atoms with Crippen molar-refractivity contribution < 1.29 is 9.59 Å². The Balaban J connectivity index is 1.06. The number of carbonyl (C=O) groups excluding carboxylic acids is 2. The minimum Gasteiger partial charge on any atom is -0.357 e. The smallest absolute Gasteiger partial charge is 0.230 e. The number of hydrogen-bond donors (Lipinski definition) is 3. The van der Waals surface area contributed by atoms with E-state index < -0.39 is 0 Å². The number of carbonyl (C=O) groups is 2. The predicted molar refractivity (Wildman–Crippen MR) is 146 cm³/mol. The molecule has 0 saturated carbocycles. The summed E-state index contributed by atoms with van der Waals surface area (Å²) in [5, 5.41) is 28.2. The fourth-order valence-electron chi connectivity index (χ4n) is 4.01. The average molecular weight is 535 g/mol. The van der Waals surface area contributed by atoms with Crippen molar-refractivity contribution in [2.24, 2.45) is 0 Å². The molecule has 3 heterocycles. The molecule has 1 fully saturated rings. The highest BCUT2D eigenvalue weighted by molar-refractivity contribution is 7.19. The quantitative estimate of drug-likeness (QED) is 0.296. The summed E-state index contributed by atoms with van der Waals surface area (Å²) in [5.74, 6) is -0.223. The third-order valence-corrected chi connectivity index (χ3v) is 7.51. The van der Waals surface area contributed by atoms with Crippen LogP contribution in [-0.2, 0) is 22.4 Å². The zero-order valence-electron chi connectivity index (χ0n) is 20.0. The highest BCUT2D eigenvalue weighted by atomic mass is 32.1. The van der Waals surface area contributed by atoms with Gasteiger partial charge in [0.25, 0.3) is 0 Å². The van der Waals surface area contributed by atoms with Crippen LogP contribution in [0.4, 0.5) is 20.5 Å². The third-order valence-electron chi connectivity index (χ3n) is 5.84. The van der Waals surface area contributed by atoms with Gasteiger partial charge in [-0.25, -0.2) is 0 Å². The maximum absolute atomic E-state index is 12.3. The van der Waals surface area contributed by atoms with E-state index in [2.05, 4.69) is 41.2 Å². The maximum Gasteiger partial charge on any atom is 0.230 e. The molecule has 190 valence electrons. The summed E-state index contributed by atoms with van der Waals surface area (Å²) in [7, 11) is 0. The van der Waals surface area contributed by atoms with Crippen molar-refractivity contribution in [3.8, 4) is 0 Å². The van der Waals surface area contributed by atoms with Gasteiger partial charge in [-0.15, -0.1) is 20.4 Å². The maximum atomic E-state index is 12.3. The van der Waals surface area contributed by atoms with E-state index in [1.807, 2.05) is 60.7 Å². The lowest BCUT2D eigenvalue weighted by Crippen LogP contribution is -2.39. The van der Waals surface area contributed by atoms with E-state index in [0.717, 1.165) is 42.2 Å². The Morgan fingerprint density at radius 1 is 0.730 bits per heavy atom. The molecule has 3 N–H and O–H groups in total. The first kappa shape index (κ1) is 24.8. The van der Waals surface area contributed by atoms with Crippen molar-refractivity contribution in [2.75, 3.05) is 33.9 Å². The fraction of sp³-hybridized carbons (Fsp3) is 0.280. The monoisotopic (exact) mass is 534 g/mol. The summed E-state index contributed by atoms with van der Waals surface area (Å²) in [4.78, 5) is 26.7. The van der Waals surface area contributed by atoms with Gasteiger partial charge in [0.1, 0.15) is 0 Å². The van der Waals surface area contributed by atoms with Crippen LogP contribution < -0.4 is 20.9 Å². The number of nitrogens with zero attached hydrogens (tertiary/aromatic N) is 5. The topological polar surface area (TPSA) is 125 Å². The number of hydrogen-bond acceptors (Lipinski definition) is 10. The van der Waals surface area contributed by atoms with Gasteiger partial charge >= 0.3 is 0 Å². The summed E-state index contributed by atoms with van der Waals surface area (Å²) in [6.07, 6.45) is 2.39. The molecule has 5 rings (SSSR count). The number of nitrogens with one attached hydrogen (secondary N) is 3. The van der Waals surface area contributed by atoms with E-state index in [1.54, 1.807) is 0 Å². The molecule has 0 atom stereocenters. The van der Waals surface area contributed by atoms with Gasteiger partial charge in [-0.2, -0.15) is 0 Å². The summed E-state index contributed by atoms with van der Waals surface area (Å²) < 4.78 is 0. The minimum absolute atomic E-state index is 0.107. The van der Waals surface area contributed by atoms with Crippen LogP contribution >= 0.6 is 22.7 Å². The van der Waals surface area contributed by atoms with Crippen molar-refractivity contribution in [1.82, 2.24) is 20.4 Å². The standard InChI is InChI=1S/C25H26N8O2S2/c34-20(15-17-7-3-1-4-8-17)27-23-30-29-22(36-23)26-19-11-13-33(14-12-19)25-32-31-24(37-25)28-21(35)16-18-9-5-2-6-10-18/h1-10,19H,11-16H2,(H,26,29)(H,27,30,34)(H,28,31,35). The molecule has 10 nitrogen and oxygen atoms in total. The molecule has 0 aliphatic carbocycles. The second kappa shape index (κ2) is 11.9. The average Bonchev–Trinajstić information content (AvgIpc) is 3.55. The first-order valence-electron chi connectivity index (χ1n) is 12.0. The van der Waals surface area contributed by atoms with Gasteiger partial charge in [0.05, 0.1) is 12.8 Å². The molecule has 0 radical (unpaired) electrons. The Morgan fingerprint density at radius 2 is 1.24 bits per heavy atom. The van der Waals surface area contributed by atoms with Crippen LogP contribution in [-0.4, -0.2) is 51.3 Å². The number of amides is 2. The lowest BCUT2D eigenvalue weighted by Gasteiger charge is -2.31. The van der Waals surface area contributed by atoms with Crippen molar-refractivity contribution in [2.45, 2.75) is 31.7 Å². The molecule has 0 unspecified atom stereocenters. The first-order chi connectivity index (χ1) is 18.1. The summed E-state index contributed by atoms with van der Waals surface area (Å²) in [5.41, 5.74) is 1.91. The molecule has 2 amide bonds. The molecular formula is C25H26N8O2S2. The molecule has 4 aromatic rings. The summed E-state index contributed by atoms with van der Waals surface area (Å²) in [6, 6.07) is 19.4. The van der Waals surface area contributed by atoms with Crippen LogP contribution in [0.2, 0.25) is 0 Å². The zero-order valence-corrected chi connectivity index (χ0v) is 21.6. The van der Waals surface area contributed by atoms with Crippen LogP contribution in [0.15, 0.2) is 60.7 Å². The van der Waals surface area contributed by atoms with E-state index in [4.69, 9.17) is 0 Å². The largest absolute Gasteiger partial charge is 0.357 e. The highest BCUT2D eigenvalue weighted by Crippen LogP contribution is 2.28. The van der Waals surface area contributed by atoms with E-state index in [-0.39, 0.29) is 17.9 Å². The summed E-state index contributed by atoms with van der Waals surface area (Å²) in [6.45, 7) is 1.62. The number of rotatable bonds is 9. The molecule has 1 aliphatic heterocycles. The van der Waals surface area contributed by atoms with Crippen molar-refractivity contribution >= 4 is 55.0 Å². The van der Waals surface area contributed by atoms with Gasteiger partial charge in [-0.05, 0) is 24.0 Å². The second-order valence-electron chi connectivity index (χ2n) is 8.63. The molecule has 0 spiro atoms. The van der Waals surface area contributed by atoms with Gasteiger partial charge in [-0.1, -0.05) is 83.3 Å². The molecule has 12 heteroatoms. The number of anilines is 4. The Morgan fingerprint density at radius 3 is 1.84 bits per heavy atom. The Labute approximate surface area is 222 Å². The van der Waals surface area contributed by atoms with Crippen LogP contribution in [0.3, 0.4) is 0 Å². The molecule has 37 heavy (non-hydrogen) atoms. The van der Waals surface area contributed by atoms with Crippen LogP contribution in [0, 0.1) is 0 Å². The van der Waals surface area contributed by atoms with Gasteiger partial charge in [0, 0.05) is 19.1 Å². The third kappa shape index (κ3) is 7.08. The Bertz CT molecular complexity index is 1320. The molecular weight excluding hydrogens is 508 g/mol. The van der Waals surface area contributed by atoms with E-state index in [1.165, 1.54) is 22.7 Å².